The minimum absolute atomic E-state index is 0.0356. The fourth-order valence-electron chi connectivity index (χ4n) is 3.57. The molecule has 134 valence electrons. The van der Waals surface area contributed by atoms with E-state index in [4.69, 9.17) is 4.74 Å². The van der Waals surface area contributed by atoms with Gasteiger partial charge in [-0.1, -0.05) is 0 Å². The molecule has 1 amide bonds. The van der Waals surface area contributed by atoms with Gasteiger partial charge in [0.1, 0.15) is 0 Å². The third-order valence-corrected chi connectivity index (χ3v) is 5.22. The molecule has 0 unspecified atom stereocenters. The first-order valence-electron chi connectivity index (χ1n) is 9.04. The zero-order valence-corrected chi connectivity index (χ0v) is 14.3. The second-order valence-electron chi connectivity index (χ2n) is 6.78. The Hall–Kier alpha value is -1.60. The number of hydrogen-bond acceptors (Lipinski definition) is 4. The highest BCUT2D eigenvalue weighted by Crippen LogP contribution is 2.22. The van der Waals surface area contributed by atoms with Crippen molar-refractivity contribution in [1.29, 1.82) is 0 Å². The lowest BCUT2D eigenvalue weighted by Gasteiger charge is -2.32. The predicted octanol–water partition coefficient (Wildman–Crippen LogP) is 0.527. The Balaban J connectivity index is 1.32. The number of H-pyrrole nitrogens is 1. The average molecular weight is 336 g/mol. The van der Waals surface area contributed by atoms with Crippen LogP contribution in [0.2, 0.25) is 0 Å². The Morgan fingerprint density at radius 2 is 1.92 bits per heavy atom. The summed E-state index contributed by atoms with van der Waals surface area (Å²) in [5.41, 5.74) is -0.0356. The molecule has 24 heavy (non-hydrogen) atoms. The molecule has 3 heterocycles. The fourth-order valence-corrected chi connectivity index (χ4v) is 3.57. The number of nitrogens with zero attached hydrogens (tertiary/aromatic N) is 3. The lowest BCUT2D eigenvalue weighted by Crippen LogP contribution is -2.41. The number of aromatic nitrogens is 2. The zero-order valence-electron chi connectivity index (χ0n) is 14.3. The summed E-state index contributed by atoms with van der Waals surface area (Å²) in [4.78, 5) is 30.7. The molecular weight excluding hydrogens is 308 g/mol. The molecule has 1 aromatic heterocycles. The van der Waals surface area contributed by atoms with E-state index in [1.807, 2.05) is 4.90 Å². The number of carbonyl (C=O) groups is 1. The molecule has 0 spiro atoms. The van der Waals surface area contributed by atoms with Gasteiger partial charge in [0, 0.05) is 45.0 Å². The number of piperidine rings is 1. The van der Waals surface area contributed by atoms with Gasteiger partial charge in [-0.3, -0.25) is 9.36 Å². The number of rotatable bonds is 6. The molecular formula is C17H28N4O3. The standard InChI is InChI=1S/C17H28N4O3/c22-16(20-11-13-24-14-12-20)2-1-15-3-6-19(7-4-15)9-10-21-8-5-18-17(21)23/h5,8,15H,1-4,6-7,9-14H2,(H,18,23). The van der Waals surface area contributed by atoms with Crippen molar-refractivity contribution in [2.45, 2.75) is 32.2 Å². The molecule has 0 radical (unpaired) electrons. The molecule has 0 aromatic carbocycles. The SMILES string of the molecule is O=C(CCC1CCN(CCn2cc[nH]c2=O)CC1)N1CCOCC1. The van der Waals surface area contributed by atoms with Crippen LogP contribution in [0.1, 0.15) is 25.7 Å². The number of carbonyl (C=O) groups excluding carboxylic acids is 1. The maximum atomic E-state index is 12.2. The van der Waals surface area contributed by atoms with E-state index in [9.17, 15) is 9.59 Å². The van der Waals surface area contributed by atoms with Crippen LogP contribution in [0.4, 0.5) is 0 Å². The molecule has 1 aromatic rings. The molecule has 0 aliphatic carbocycles. The van der Waals surface area contributed by atoms with Crippen molar-refractivity contribution < 1.29 is 9.53 Å². The van der Waals surface area contributed by atoms with Crippen molar-refractivity contribution >= 4 is 5.91 Å². The van der Waals surface area contributed by atoms with Crippen LogP contribution in [0, 0.1) is 5.92 Å². The number of hydrogen-bond donors (Lipinski definition) is 1. The largest absolute Gasteiger partial charge is 0.378 e. The van der Waals surface area contributed by atoms with E-state index in [2.05, 4.69) is 9.88 Å². The molecule has 2 aliphatic heterocycles. The zero-order chi connectivity index (χ0) is 16.8. The number of ether oxygens (including phenoxy) is 1. The molecule has 0 atom stereocenters. The maximum absolute atomic E-state index is 12.2. The van der Waals surface area contributed by atoms with Crippen LogP contribution < -0.4 is 5.69 Å². The summed E-state index contributed by atoms with van der Waals surface area (Å²) in [6, 6.07) is 0. The molecule has 7 nitrogen and oxygen atoms in total. The summed E-state index contributed by atoms with van der Waals surface area (Å²) in [7, 11) is 0. The quantitative estimate of drug-likeness (QED) is 0.823. The third kappa shape index (κ3) is 4.70. The second kappa shape index (κ2) is 8.48. The van der Waals surface area contributed by atoms with Gasteiger partial charge in [0.25, 0.3) is 0 Å². The lowest BCUT2D eigenvalue weighted by molar-refractivity contribution is -0.135. The van der Waals surface area contributed by atoms with Crippen molar-refractivity contribution in [3.63, 3.8) is 0 Å². The summed E-state index contributed by atoms with van der Waals surface area (Å²) < 4.78 is 7.01. The first kappa shape index (κ1) is 17.2. The fraction of sp³-hybridized carbons (Fsp3) is 0.765. The third-order valence-electron chi connectivity index (χ3n) is 5.22. The van der Waals surface area contributed by atoms with Crippen LogP contribution in [-0.2, 0) is 16.1 Å². The minimum atomic E-state index is -0.0356. The van der Waals surface area contributed by atoms with Gasteiger partial charge in [-0.15, -0.1) is 0 Å². The van der Waals surface area contributed by atoms with Gasteiger partial charge in [0.2, 0.25) is 5.91 Å². The van der Waals surface area contributed by atoms with Crippen molar-refractivity contribution in [2.24, 2.45) is 5.92 Å². The van der Waals surface area contributed by atoms with Crippen LogP contribution in [0.3, 0.4) is 0 Å². The van der Waals surface area contributed by atoms with E-state index >= 15 is 0 Å². The summed E-state index contributed by atoms with van der Waals surface area (Å²) in [5.74, 6) is 0.939. The second-order valence-corrected chi connectivity index (χ2v) is 6.78. The Bertz CT molecular complexity index is 568. The van der Waals surface area contributed by atoms with Crippen LogP contribution in [0.25, 0.3) is 0 Å². The van der Waals surface area contributed by atoms with Crippen molar-refractivity contribution in [1.82, 2.24) is 19.4 Å². The van der Waals surface area contributed by atoms with E-state index in [1.165, 1.54) is 0 Å². The van der Waals surface area contributed by atoms with Crippen LogP contribution in [-0.4, -0.2) is 71.2 Å². The van der Waals surface area contributed by atoms with Gasteiger partial charge in [-0.2, -0.15) is 0 Å². The topological polar surface area (TPSA) is 70.6 Å². The van der Waals surface area contributed by atoms with Gasteiger partial charge in [0.05, 0.1) is 13.2 Å². The molecule has 0 bridgehead atoms. The summed E-state index contributed by atoms with van der Waals surface area (Å²) >= 11 is 0. The van der Waals surface area contributed by atoms with E-state index < -0.39 is 0 Å². The Morgan fingerprint density at radius 3 is 2.58 bits per heavy atom. The average Bonchev–Trinajstić information content (AvgIpc) is 3.04. The smallest absolute Gasteiger partial charge is 0.325 e. The molecule has 7 heteroatoms. The van der Waals surface area contributed by atoms with Crippen molar-refractivity contribution in [3.8, 4) is 0 Å². The molecule has 0 saturated carbocycles. The number of nitrogens with one attached hydrogen (secondary N) is 1. The Morgan fingerprint density at radius 1 is 1.17 bits per heavy atom. The molecule has 1 N–H and O–H groups in total. The molecule has 2 saturated heterocycles. The van der Waals surface area contributed by atoms with E-state index in [-0.39, 0.29) is 11.6 Å². The van der Waals surface area contributed by atoms with E-state index in [0.29, 0.717) is 25.6 Å². The first-order chi connectivity index (χ1) is 11.7. The highest BCUT2D eigenvalue weighted by molar-refractivity contribution is 5.76. The van der Waals surface area contributed by atoms with E-state index in [0.717, 1.165) is 58.5 Å². The molecule has 2 fully saturated rings. The molecule has 2 aliphatic rings. The number of amides is 1. The highest BCUT2D eigenvalue weighted by Gasteiger charge is 2.22. The van der Waals surface area contributed by atoms with Crippen molar-refractivity contribution in [2.75, 3.05) is 45.9 Å². The van der Waals surface area contributed by atoms with Gasteiger partial charge >= 0.3 is 5.69 Å². The summed E-state index contributed by atoms with van der Waals surface area (Å²) in [6.07, 6.45) is 7.45. The maximum Gasteiger partial charge on any atom is 0.325 e. The van der Waals surface area contributed by atoms with Gasteiger partial charge < -0.3 is 19.5 Å². The highest BCUT2D eigenvalue weighted by atomic mass is 16.5. The van der Waals surface area contributed by atoms with Crippen LogP contribution >= 0.6 is 0 Å². The Kier molecular flexibility index (Phi) is 6.09. The number of morpholine rings is 1. The number of imidazole rings is 1. The molecule has 3 rings (SSSR count). The van der Waals surface area contributed by atoms with Gasteiger partial charge in [0.15, 0.2) is 0 Å². The van der Waals surface area contributed by atoms with E-state index in [1.54, 1.807) is 17.0 Å². The van der Waals surface area contributed by atoms with Crippen LogP contribution in [0.15, 0.2) is 17.2 Å². The Labute approximate surface area is 142 Å². The minimum Gasteiger partial charge on any atom is -0.378 e. The summed E-state index contributed by atoms with van der Waals surface area (Å²) in [5, 5.41) is 0. The van der Waals surface area contributed by atoms with Gasteiger partial charge in [-0.05, 0) is 38.3 Å². The predicted molar refractivity (Wildman–Crippen MR) is 90.8 cm³/mol. The summed E-state index contributed by atoms with van der Waals surface area (Å²) in [6.45, 7) is 6.62. The normalized spacial score (nSPS) is 20.4. The van der Waals surface area contributed by atoms with Crippen LogP contribution in [0.5, 0.6) is 0 Å². The lowest BCUT2D eigenvalue weighted by atomic mass is 9.92. The monoisotopic (exact) mass is 336 g/mol. The number of aromatic amines is 1. The van der Waals surface area contributed by atoms with Gasteiger partial charge in [-0.25, -0.2) is 4.79 Å². The van der Waals surface area contributed by atoms with Crippen molar-refractivity contribution in [3.05, 3.63) is 22.9 Å². The number of likely N-dealkylation sites (tertiary alicyclic amines) is 1. The first-order valence-corrected chi connectivity index (χ1v) is 9.04.